The van der Waals surface area contributed by atoms with E-state index in [4.69, 9.17) is 33.2 Å². The van der Waals surface area contributed by atoms with Crippen molar-refractivity contribution in [2.24, 2.45) is 52.3 Å². The van der Waals surface area contributed by atoms with Gasteiger partial charge in [-0.3, -0.25) is 0 Å². The van der Waals surface area contributed by atoms with Crippen molar-refractivity contribution in [2.45, 2.75) is 196 Å². The molecular formula is C44H74O18. The second-order valence-electron chi connectivity index (χ2n) is 21.1. The Morgan fingerprint density at radius 3 is 2.08 bits per heavy atom. The first-order valence-corrected chi connectivity index (χ1v) is 23.3. The zero-order chi connectivity index (χ0) is 44.6. The number of aliphatic hydroxyl groups excluding tert-OH is 10. The minimum atomic E-state index is -1.57. The van der Waals surface area contributed by atoms with Crippen LogP contribution in [0.2, 0.25) is 0 Å². The smallest absolute Gasteiger partial charge is 0.186 e. The van der Waals surface area contributed by atoms with Crippen LogP contribution in [-0.4, -0.2) is 187 Å². The van der Waals surface area contributed by atoms with E-state index in [9.17, 15) is 56.2 Å². The van der Waals surface area contributed by atoms with Gasteiger partial charge in [0.15, 0.2) is 24.7 Å². The second kappa shape index (κ2) is 18.4. The topological polar surface area (TPSA) is 287 Å². The van der Waals surface area contributed by atoms with E-state index in [0.717, 1.165) is 51.4 Å². The highest BCUT2D eigenvalue weighted by atomic mass is 16.7. The van der Waals surface area contributed by atoms with E-state index in [2.05, 4.69) is 20.8 Å². The summed E-state index contributed by atoms with van der Waals surface area (Å²) in [5, 5.41) is 115. The summed E-state index contributed by atoms with van der Waals surface area (Å²) in [7, 11) is 0. The average Bonchev–Trinajstić information content (AvgIpc) is 3.69. The number of aliphatic hydroxyl groups is 11. The van der Waals surface area contributed by atoms with Crippen molar-refractivity contribution in [3.63, 3.8) is 0 Å². The minimum absolute atomic E-state index is 0.0272. The van der Waals surface area contributed by atoms with Gasteiger partial charge in [0.05, 0.1) is 38.6 Å². The highest BCUT2D eigenvalue weighted by molar-refractivity contribution is 5.15. The number of hydrogen-bond donors (Lipinski definition) is 11. The summed E-state index contributed by atoms with van der Waals surface area (Å²) in [4.78, 5) is 0. The first kappa shape index (κ1) is 47.8. The van der Waals surface area contributed by atoms with Gasteiger partial charge in [-0.1, -0.05) is 27.7 Å². The number of rotatable bonds is 12. The quantitative estimate of drug-likeness (QED) is 0.103. The standard InChI is InChI=1S/C44H74O18/c1-19(16-56-40-37(53)34(50)32(48)28(15-45)60-40)7-12-44(55)20(2)30-27(62-44)14-25-23-6-5-21-13-22(8-10-42(21,3)24(23)9-11-43(25,30)4)59-41-38(54)35(51)33(49)29(61-41)18-58-39-36(52)31(47)26(46)17-57-39/h19-41,45-55H,5-18H2,1-4H3/t19-,20-,21+,22-,23+,24-,25-,26+,27-,28+,29+,30-,31-,32+,33+,34-,35-,36+,37+,38+,39-,40+,41+,42-,43-,44+/m0/s1. The van der Waals surface area contributed by atoms with Gasteiger partial charge in [0.1, 0.15) is 67.1 Å². The van der Waals surface area contributed by atoms with Crippen LogP contribution in [-0.2, 0) is 33.2 Å². The molecule has 0 aromatic carbocycles. The van der Waals surface area contributed by atoms with Crippen LogP contribution in [0.15, 0.2) is 0 Å². The fourth-order valence-electron chi connectivity index (χ4n) is 13.8. The molecule has 8 rings (SSSR count). The molecule has 0 bridgehead atoms. The lowest BCUT2D eigenvalue weighted by atomic mass is 9.44. The summed E-state index contributed by atoms with van der Waals surface area (Å²) >= 11 is 0. The molecule has 0 amide bonds. The van der Waals surface area contributed by atoms with Crippen molar-refractivity contribution in [3.8, 4) is 0 Å². The first-order valence-electron chi connectivity index (χ1n) is 23.3. The van der Waals surface area contributed by atoms with E-state index in [-0.39, 0.29) is 60.6 Å². The van der Waals surface area contributed by atoms with Gasteiger partial charge in [-0.05, 0) is 104 Å². The lowest BCUT2D eigenvalue weighted by Gasteiger charge is -2.61. The van der Waals surface area contributed by atoms with Gasteiger partial charge in [-0.2, -0.15) is 0 Å². The third kappa shape index (κ3) is 8.46. The Bertz CT molecular complexity index is 1510. The maximum absolute atomic E-state index is 12.0. The van der Waals surface area contributed by atoms with Gasteiger partial charge in [0, 0.05) is 12.3 Å². The zero-order valence-corrected chi connectivity index (χ0v) is 36.5. The Morgan fingerprint density at radius 2 is 1.35 bits per heavy atom. The van der Waals surface area contributed by atoms with E-state index < -0.39 is 98.4 Å². The Labute approximate surface area is 363 Å². The second-order valence-corrected chi connectivity index (χ2v) is 21.1. The Hall–Kier alpha value is -0.720. The molecule has 8 aliphatic rings. The maximum atomic E-state index is 12.0. The van der Waals surface area contributed by atoms with E-state index in [0.29, 0.717) is 36.5 Å². The van der Waals surface area contributed by atoms with Crippen LogP contribution >= 0.6 is 0 Å². The van der Waals surface area contributed by atoms with Crippen molar-refractivity contribution in [3.05, 3.63) is 0 Å². The lowest BCUT2D eigenvalue weighted by Crippen LogP contribution is -2.61. The average molecular weight is 891 g/mol. The molecule has 4 aliphatic carbocycles. The Morgan fingerprint density at radius 1 is 0.694 bits per heavy atom. The van der Waals surface area contributed by atoms with Gasteiger partial charge in [0.2, 0.25) is 0 Å². The normalized spacial score (nSPS) is 55.8. The molecule has 18 nitrogen and oxygen atoms in total. The fraction of sp³-hybridized carbons (Fsp3) is 1.00. The van der Waals surface area contributed by atoms with Crippen molar-refractivity contribution in [1.82, 2.24) is 0 Å². The molecule has 8 fully saturated rings. The van der Waals surface area contributed by atoms with Gasteiger partial charge < -0.3 is 89.3 Å². The fourth-order valence-corrected chi connectivity index (χ4v) is 13.8. The van der Waals surface area contributed by atoms with Crippen LogP contribution in [0.4, 0.5) is 0 Å². The van der Waals surface area contributed by atoms with Gasteiger partial charge in [-0.15, -0.1) is 0 Å². The van der Waals surface area contributed by atoms with Crippen molar-refractivity contribution in [1.29, 1.82) is 0 Å². The van der Waals surface area contributed by atoms with Crippen LogP contribution in [0.3, 0.4) is 0 Å². The predicted octanol–water partition coefficient (Wildman–Crippen LogP) is -1.14. The summed E-state index contributed by atoms with van der Waals surface area (Å²) in [6, 6.07) is 0. The minimum Gasteiger partial charge on any atom is -0.394 e. The molecule has 4 heterocycles. The van der Waals surface area contributed by atoms with E-state index in [1.807, 2.05) is 6.92 Å². The molecule has 0 aromatic heterocycles. The third-order valence-electron chi connectivity index (χ3n) is 17.6. The molecule has 11 N–H and O–H groups in total. The monoisotopic (exact) mass is 890 g/mol. The summed E-state index contributed by atoms with van der Waals surface area (Å²) in [6.45, 7) is 8.04. The molecule has 4 aliphatic heterocycles. The van der Waals surface area contributed by atoms with E-state index in [1.54, 1.807) is 0 Å². The number of ether oxygens (including phenoxy) is 7. The molecule has 358 valence electrons. The molecule has 0 unspecified atom stereocenters. The predicted molar refractivity (Wildman–Crippen MR) is 213 cm³/mol. The molecule has 0 radical (unpaired) electrons. The number of fused-ring (bicyclic) bond motifs is 7. The van der Waals surface area contributed by atoms with Crippen LogP contribution in [0.1, 0.15) is 91.9 Å². The molecule has 0 spiro atoms. The van der Waals surface area contributed by atoms with E-state index in [1.165, 1.54) is 0 Å². The summed E-state index contributed by atoms with van der Waals surface area (Å²) in [6.07, 6.45) is -10.7. The summed E-state index contributed by atoms with van der Waals surface area (Å²) in [5.41, 5.74) is 0.124. The van der Waals surface area contributed by atoms with Crippen molar-refractivity contribution >= 4 is 0 Å². The molecule has 0 aromatic rings. The molecule has 4 saturated heterocycles. The maximum Gasteiger partial charge on any atom is 0.186 e. The van der Waals surface area contributed by atoms with E-state index >= 15 is 0 Å². The molecule has 18 heteroatoms. The van der Waals surface area contributed by atoms with Crippen molar-refractivity contribution < 1.29 is 89.3 Å². The van der Waals surface area contributed by atoms with Crippen LogP contribution in [0.25, 0.3) is 0 Å². The molecular weight excluding hydrogens is 816 g/mol. The highest BCUT2D eigenvalue weighted by Gasteiger charge is 2.68. The summed E-state index contributed by atoms with van der Waals surface area (Å²) in [5.74, 6) is 0.766. The van der Waals surface area contributed by atoms with Crippen LogP contribution < -0.4 is 0 Å². The Kier molecular flexibility index (Phi) is 14.2. The van der Waals surface area contributed by atoms with Gasteiger partial charge in [0.25, 0.3) is 0 Å². The highest BCUT2D eigenvalue weighted by Crippen LogP contribution is 2.71. The zero-order valence-electron chi connectivity index (χ0n) is 36.5. The molecule has 62 heavy (non-hydrogen) atoms. The van der Waals surface area contributed by atoms with Crippen molar-refractivity contribution in [2.75, 3.05) is 26.4 Å². The SMILES string of the molecule is C[C@@H](CC[C@@]1(O)O[C@H]2C[C@H]3[C@@H]4CC[C@@H]5C[C@@H](O[C@@H]6O[C@H](CO[C@@H]7OC[C@@H](O)[C@H](O)[C@H]7O)[C@@H](O)[C@H](O)[C@H]6O)CC[C@]5(C)[C@H]4CC[C@]3(C)[C@H]2[C@@H]1C)CO[C@@H]1O[C@H](CO)[C@@H](O)[C@H](O)[C@H]1O. The Balaban J connectivity index is 0.833. The summed E-state index contributed by atoms with van der Waals surface area (Å²) < 4.78 is 41.2. The first-order chi connectivity index (χ1) is 29.3. The largest absolute Gasteiger partial charge is 0.394 e. The van der Waals surface area contributed by atoms with Gasteiger partial charge >= 0.3 is 0 Å². The van der Waals surface area contributed by atoms with Gasteiger partial charge in [-0.25, -0.2) is 0 Å². The molecule has 4 saturated carbocycles. The lowest BCUT2D eigenvalue weighted by molar-refractivity contribution is -0.331. The van der Waals surface area contributed by atoms with Crippen LogP contribution in [0, 0.1) is 52.3 Å². The van der Waals surface area contributed by atoms with Crippen LogP contribution in [0.5, 0.6) is 0 Å². The number of hydrogen-bond acceptors (Lipinski definition) is 18. The third-order valence-corrected chi connectivity index (χ3v) is 17.6. The molecule has 26 atom stereocenters.